The van der Waals surface area contributed by atoms with Crippen molar-refractivity contribution in [1.29, 1.82) is 0 Å². The summed E-state index contributed by atoms with van der Waals surface area (Å²) in [6.45, 7) is 11.8. The smallest absolute Gasteiger partial charge is 0.00652 e. The molecule has 0 bridgehead atoms. The second-order valence-electron chi connectivity index (χ2n) is 7.31. The van der Waals surface area contributed by atoms with E-state index in [4.69, 9.17) is 0 Å². The van der Waals surface area contributed by atoms with Crippen molar-refractivity contribution in [3.05, 3.63) is 82.7 Å². The maximum absolute atomic E-state index is 2.49. The van der Waals surface area contributed by atoms with Crippen molar-refractivity contribution < 1.29 is 0 Å². The summed E-state index contributed by atoms with van der Waals surface area (Å²) in [5.74, 6) is 0. The van der Waals surface area contributed by atoms with Gasteiger partial charge in [-0.1, -0.05) is 94.9 Å². The predicted molar refractivity (Wildman–Crippen MR) is 127 cm³/mol. The molecule has 0 aromatic heterocycles. The summed E-state index contributed by atoms with van der Waals surface area (Å²) < 4.78 is 0. The molecule has 0 nitrogen and oxygen atoms in total. The third kappa shape index (κ3) is 4.29. The Bertz CT molecular complexity index is 797. The first-order valence-corrected chi connectivity index (χ1v) is 13.3. The highest BCUT2D eigenvalue weighted by Gasteiger charge is 2.29. The SMILES string of the molecule is CCP(CC)C1=C([C@@H](C)P(c2ccccc2C)c2ccccc2C)CC=C1. The van der Waals surface area contributed by atoms with Crippen LogP contribution in [-0.2, 0) is 0 Å². The Kier molecular flexibility index (Phi) is 7.08. The van der Waals surface area contributed by atoms with Crippen LogP contribution in [0.2, 0.25) is 0 Å². The van der Waals surface area contributed by atoms with Gasteiger partial charge in [0, 0.05) is 5.66 Å². The zero-order valence-corrected chi connectivity index (χ0v) is 19.2. The van der Waals surface area contributed by atoms with Crippen molar-refractivity contribution in [3.63, 3.8) is 0 Å². The lowest BCUT2D eigenvalue weighted by atomic mass is 10.2. The number of aryl methyl sites for hydroxylation is 2. The number of hydrogen-bond acceptors (Lipinski definition) is 0. The highest BCUT2D eigenvalue weighted by atomic mass is 31.1. The van der Waals surface area contributed by atoms with Crippen LogP contribution in [0.3, 0.4) is 0 Å². The molecule has 0 amide bonds. The van der Waals surface area contributed by atoms with Crippen LogP contribution in [0.4, 0.5) is 0 Å². The summed E-state index contributed by atoms with van der Waals surface area (Å²) in [4.78, 5) is 0. The molecule has 0 saturated heterocycles. The minimum absolute atomic E-state index is 0.00382. The maximum Gasteiger partial charge on any atom is 0.00652 e. The van der Waals surface area contributed by atoms with Crippen LogP contribution >= 0.6 is 15.8 Å². The van der Waals surface area contributed by atoms with Gasteiger partial charge in [0.1, 0.15) is 0 Å². The molecular formula is C25H32P2. The van der Waals surface area contributed by atoms with E-state index in [-0.39, 0.29) is 7.92 Å². The molecule has 0 aliphatic heterocycles. The van der Waals surface area contributed by atoms with Gasteiger partial charge < -0.3 is 0 Å². The first kappa shape index (κ1) is 20.5. The predicted octanol–water partition coefficient (Wildman–Crippen LogP) is 6.86. The molecular weight excluding hydrogens is 362 g/mol. The lowest BCUT2D eigenvalue weighted by molar-refractivity contribution is 1.05. The third-order valence-corrected chi connectivity index (χ3v) is 11.5. The second-order valence-corrected chi connectivity index (χ2v) is 12.6. The van der Waals surface area contributed by atoms with E-state index >= 15 is 0 Å². The van der Waals surface area contributed by atoms with E-state index < -0.39 is 7.92 Å². The van der Waals surface area contributed by atoms with Crippen molar-refractivity contribution in [2.75, 3.05) is 12.3 Å². The molecule has 0 saturated carbocycles. The van der Waals surface area contributed by atoms with Crippen molar-refractivity contribution in [2.45, 2.75) is 46.7 Å². The first-order valence-electron chi connectivity index (χ1n) is 10.1. The zero-order valence-electron chi connectivity index (χ0n) is 17.4. The molecule has 3 rings (SSSR count). The summed E-state index contributed by atoms with van der Waals surface area (Å²) in [6, 6.07) is 18.1. The first-order chi connectivity index (χ1) is 13.1. The zero-order chi connectivity index (χ0) is 19.4. The highest BCUT2D eigenvalue weighted by molar-refractivity contribution is 7.74. The Morgan fingerprint density at radius 2 is 1.37 bits per heavy atom. The Morgan fingerprint density at radius 3 is 1.85 bits per heavy atom. The van der Waals surface area contributed by atoms with Gasteiger partial charge in [-0.3, -0.25) is 0 Å². The number of allylic oxidation sites excluding steroid dienone is 4. The molecule has 2 heteroatoms. The molecule has 142 valence electrons. The lowest BCUT2D eigenvalue weighted by Crippen LogP contribution is -2.24. The van der Waals surface area contributed by atoms with Gasteiger partial charge in [-0.2, -0.15) is 0 Å². The number of rotatable bonds is 7. The van der Waals surface area contributed by atoms with Gasteiger partial charge >= 0.3 is 0 Å². The summed E-state index contributed by atoms with van der Waals surface area (Å²) in [5.41, 5.74) is 5.15. The molecule has 0 heterocycles. The highest BCUT2D eigenvalue weighted by Crippen LogP contribution is 2.54. The standard InChI is InChI=1S/C25H32P2/c1-6-26(7-2)25-18-12-15-22(25)21(5)27(23-16-10-8-13-19(23)3)24-17-11-9-14-20(24)4/h8-14,16-18,21H,6-7,15H2,1-5H3/t21-/m1/s1. The van der Waals surface area contributed by atoms with Gasteiger partial charge in [0.05, 0.1) is 0 Å². The van der Waals surface area contributed by atoms with Crippen LogP contribution in [0.15, 0.2) is 71.6 Å². The maximum atomic E-state index is 2.49. The van der Waals surface area contributed by atoms with Gasteiger partial charge in [-0.05, 0) is 67.6 Å². The molecule has 0 spiro atoms. The van der Waals surface area contributed by atoms with E-state index in [1.54, 1.807) is 21.5 Å². The van der Waals surface area contributed by atoms with Gasteiger partial charge in [-0.15, -0.1) is 0 Å². The quantitative estimate of drug-likeness (QED) is 0.450. The molecule has 1 aliphatic rings. The van der Waals surface area contributed by atoms with E-state index in [1.165, 1.54) is 23.5 Å². The minimum atomic E-state index is -0.414. The van der Waals surface area contributed by atoms with Crippen LogP contribution in [0.5, 0.6) is 0 Å². The fourth-order valence-corrected chi connectivity index (χ4v) is 9.43. The molecule has 0 unspecified atom stereocenters. The van der Waals surface area contributed by atoms with Gasteiger partial charge in [0.25, 0.3) is 0 Å². The molecule has 2 aromatic rings. The fraction of sp³-hybridized carbons (Fsp3) is 0.360. The van der Waals surface area contributed by atoms with Crippen LogP contribution in [0, 0.1) is 13.8 Å². The van der Waals surface area contributed by atoms with Crippen LogP contribution < -0.4 is 10.6 Å². The number of hydrogen-bond donors (Lipinski definition) is 0. The summed E-state index contributed by atoms with van der Waals surface area (Å²) >= 11 is 0. The van der Waals surface area contributed by atoms with E-state index in [2.05, 4.69) is 95.3 Å². The van der Waals surface area contributed by atoms with Crippen LogP contribution in [-0.4, -0.2) is 18.0 Å². The fourth-order valence-electron chi connectivity index (χ4n) is 4.14. The Hall–Kier alpha value is -1.22. The molecule has 0 N–H and O–H groups in total. The van der Waals surface area contributed by atoms with Crippen molar-refractivity contribution in [1.82, 2.24) is 0 Å². The van der Waals surface area contributed by atoms with E-state index in [0.29, 0.717) is 5.66 Å². The monoisotopic (exact) mass is 394 g/mol. The molecule has 1 aliphatic carbocycles. The van der Waals surface area contributed by atoms with Crippen molar-refractivity contribution in [2.24, 2.45) is 0 Å². The van der Waals surface area contributed by atoms with Gasteiger partial charge in [-0.25, -0.2) is 0 Å². The van der Waals surface area contributed by atoms with Crippen LogP contribution in [0.1, 0.15) is 38.3 Å². The Balaban J connectivity index is 2.13. The van der Waals surface area contributed by atoms with E-state index in [0.717, 1.165) is 6.42 Å². The number of benzene rings is 2. The topological polar surface area (TPSA) is 0 Å². The van der Waals surface area contributed by atoms with Crippen LogP contribution in [0.25, 0.3) is 0 Å². The average Bonchev–Trinajstić information content (AvgIpc) is 3.15. The Labute approximate surface area is 168 Å². The molecule has 0 radical (unpaired) electrons. The van der Waals surface area contributed by atoms with E-state index in [1.807, 2.05) is 0 Å². The Morgan fingerprint density at radius 1 is 0.852 bits per heavy atom. The lowest BCUT2D eigenvalue weighted by Gasteiger charge is -2.31. The largest absolute Gasteiger partial charge is 0.0798 e. The summed E-state index contributed by atoms with van der Waals surface area (Å²) in [6.07, 6.45) is 8.60. The molecule has 0 fully saturated rings. The van der Waals surface area contributed by atoms with Crippen molar-refractivity contribution >= 4 is 26.5 Å². The van der Waals surface area contributed by atoms with Crippen molar-refractivity contribution in [3.8, 4) is 0 Å². The van der Waals surface area contributed by atoms with E-state index in [9.17, 15) is 0 Å². The summed E-state index contributed by atoms with van der Waals surface area (Å²) in [5, 5.41) is 4.79. The molecule has 2 aromatic carbocycles. The third-order valence-electron chi connectivity index (χ3n) is 5.69. The molecule has 1 atom stereocenters. The average molecular weight is 394 g/mol. The van der Waals surface area contributed by atoms with Gasteiger partial charge in [0.2, 0.25) is 0 Å². The second kappa shape index (κ2) is 9.32. The normalized spacial score (nSPS) is 15.2. The summed E-state index contributed by atoms with van der Waals surface area (Å²) in [7, 11) is -0.418. The minimum Gasteiger partial charge on any atom is -0.0798 e. The molecule has 27 heavy (non-hydrogen) atoms. The van der Waals surface area contributed by atoms with Gasteiger partial charge in [0.15, 0.2) is 0 Å².